The number of allylic oxidation sites excluding steroid dienone is 1. The van der Waals surface area contributed by atoms with Crippen LogP contribution in [0.2, 0.25) is 0 Å². The molecule has 0 aromatic rings. The van der Waals surface area contributed by atoms with Crippen molar-refractivity contribution < 1.29 is 0 Å². The van der Waals surface area contributed by atoms with Crippen molar-refractivity contribution in [1.82, 2.24) is 0 Å². The molecule has 0 fully saturated rings. The molecule has 0 saturated heterocycles. The van der Waals surface area contributed by atoms with Crippen LogP contribution in [0, 0.1) is 5.41 Å². The van der Waals surface area contributed by atoms with Crippen molar-refractivity contribution in [2.24, 2.45) is 5.41 Å². The van der Waals surface area contributed by atoms with Gasteiger partial charge < -0.3 is 0 Å². The maximum atomic E-state index is 3.36. The Morgan fingerprint density at radius 1 is 1.00 bits per heavy atom. The number of rotatable bonds is 0. The minimum Gasteiger partial charge on any atom is -0.103 e. The van der Waals surface area contributed by atoms with Crippen LogP contribution in [0.5, 0.6) is 0 Å². The molecule has 0 N–H and O–H groups in total. The monoisotopic (exact) mass is 144 g/mol. The van der Waals surface area contributed by atoms with E-state index in [0.717, 1.165) is 0 Å². The van der Waals surface area contributed by atoms with Crippen molar-refractivity contribution in [3.05, 3.63) is 12.7 Å². The highest BCUT2D eigenvalue weighted by Gasteiger charge is 1.95. The van der Waals surface area contributed by atoms with E-state index in [1.165, 1.54) is 0 Å². The van der Waals surface area contributed by atoms with E-state index in [1.54, 1.807) is 6.08 Å². The van der Waals surface area contributed by atoms with Crippen molar-refractivity contribution in [2.45, 2.75) is 48.5 Å². The lowest BCUT2D eigenvalue weighted by molar-refractivity contribution is 0.469. The van der Waals surface area contributed by atoms with Crippen molar-refractivity contribution in [1.29, 1.82) is 0 Å². The van der Waals surface area contributed by atoms with Gasteiger partial charge in [0.25, 0.3) is 0 Å². The van der Waals surface area contributed by atoms with E-state index in [9.17, 15) is 0 Å². The maximum absolute atomic E-state index is 3.36. The van der Waals surface area contributed by atoms with Gasteiger partial charge in [-0.15, -0.1) is 6.58 Å². The predicted molar refractivity (Wildman–Crippen MR) is 52.3 cm³/mol. The molecule has 0 unspecified atom stereocenters. The Kier molecular flexibility index (Phi) is 18.9. The molecule has 0 heterocycles. The maximum Gasteiger partial charge on any atom is -0.0411 e. The van der Waals surface area contributed by atoms with E-state index in [4.69, 9.17) is 0 Å². The summed E-state index contributed by atoms with van der Waals surface area (Å²) >= 11 is 0. The van der Waals surface area contributed by atoms with Gasteiger partial charge in [0.2, 0.25) is 0 Å². The first kappa shape index (κ1) is 16.4. The minimum absolute atomic E-state index is 0.500. The summed E-state index contributed by atoms with van der Waals surface area (Å²) in [7, 11) is 0. The Morgan fingerprint density at radius 2 is 1.00 bits per heavy atom. The molecule has 64 valence electrons. The molecule has 0 aromatic carbocycles. The first-order valence-electron chi connectivity index (χ1n) is 3.99. The van der Waals surface area contributed by atoms with Crippen LogP contribution >= 0.6 is 0 Å². The fraction of sp³-hybridized carbons (Fsp3) is 0.800. The molecule has 0 amide bonds. The summed E-state index contributed by atoms with van der Waals surface area (Å²) in [5, 5.41) is 0. The summed E-state index contributed by atoms with van der Waals surface area (Å²) in [4.78, 5) is 0. The highest BCUT2D eigenvalue weighted by atomic mass is 14.0. The van der Waals surface area contributed by atoms with Crippen LogP contribution in [0.25, 0.3) is 0 Å². The Labute approximate surface area is 67.3 Å². The van der Waals surface area contributed by atoms with E-state index in [2.05, 4.69) is 34.3 Å². The summed E-state index contributed by atoms with van der Waals surface area (Å²) in [6.45, 7) is 18.0. The second kappa shape index (κ2) is 11.5. The molecule has 0 aliphatic heterocycles. The molecule has 0 rings (SSSR count). The minimum atomic E-state index is 0.500. The largest absolute Gasteiger partial charge is 0.103 e. The smallest absolute Gasteiger partial charge is 0.0411 e. The van der Waals surface area contributed by atoms with Gasteiger partial charge in [-0.3, -0.25) is 0 Å². The first-order chi connectivity index (χ1) is 4.41. The van der Waals surface area contributed by atoms with Crippen LogP contribution < -0.4 is 0 Å². The molecule has 0 bridgehead atoms. The van der Waals surface area contributed by atoms with Crippen LogP contribution in [0.4, 0.5) is 0 Å². The zero-order valence-electron chi connectivity index (χ0n) is 8.78. The average molecular weight is 144 g/mol. The molecule has 0 nitrogen and oxygen atoms in total. The summed E-state index contributed by atoms with van der Waals surface area (Å²) < 4.78 is 0. The highest BCUT2D eigenvalue weighted by molar-refractivity contribution is 4.51. The van der Waals surface area contributed by atoms with Crippen molar-refractivity contribution in [2.75, 3.05) is 0 Å². The quantitative estimate of drug-likeness (QED) is 0.445. The zero-order chi connectivity index (χ0) is 9.21. The third-order valence-electron chi connectivity index (χ3n) is 0. The van der Waals surface area contributed by atoms with Gasteiger partial charge in [0.15, 0.2) is 0 Å². The molecule has 0 atom stereocenters. The van der Waals surface area contributed by atoms with Gasteiger partial charge in [-0.25, -0.2) is 0 Å². The van der Waals surface area contributed by atoms with Gasteiger partial charge in [-0.1, -0.05) is 47.6 Å². The van der Waals surface area contributed by atoms with Gasteiger partial charge >= 0.3 is 0 Å². The van der Waals surface area contributed by atoms with Crippen LogP contribution in [0.1, 0.15) is 48.5 Å². The van der Waals surface area contributed by atoms with Gasteiger partial charge in [-0.2, -0.15) is 0 Å². The Hall–Kier alpha value is -0.260. The van der Waals surface area contributed by atoms with Gasteiger partial charge in [0.1, 0.15) is 0 Å². The average Bonchev–Trinajstić information content (AvgIpc) is 1.68. The normalized spacial score (nSPS) is 7.90. The molecule has 10 heavy (non-hydrogen) atoms. The Balaban J connectivity index is -0.0000000847. The van der Waals surface area contributed by atoms with Crippen molar-refractivity contribution >= 4 is 0 Å². The van der Waals surface area contributed by atoms with Gasteiger partial charge in [-0.05, 0) is 12.3 Å². The molecule has 0 aliphatic carbocycles. The van der Waals surface area contributed by atoms with E-state index in [1.807, 2.05) is 20.8 Å². The molecular weight excluding hydrogens is 120 g/mol. The lowest BCUT2D eigenvalue weighted by Crippen LogP contribution is -1.93. The van der Waals surface area contributed by atoms with Crippen LogP contribution in [0.15, 0.2) is 12.7 Å². The first-order valence-corrected chi connectivity index (χ1v) is 3.99. The van der Waals surface area contributed by atoms with Crippen LogP contribution in [-0.2, 0) is 0 Å². The summed E-state index contributed by atoms with van der Waals surface area (Å²) in [6.07, 6.45) is 1.75. The van der Waals surface area contributed by atoms with Crippen LogP contribution in [0.3, 0.4) is 0 Å². The molecular formula is C10H24. The third-order valence-corrected chi connectivity index (χ3v) is 0. The number of hydrogen-bond acceptors (Lipinski definition) is 0. The zero-order valence-corrected chi connectivity index (χ0v) is 8.78. The molecule has 0 spiro atoms. The van der Waals surface area contributed by atoms with Gasteiger partial charge in [0.05, 0.1) is 0 Å². The molecule has 0 saturated carbocycles. The highest BCUT2D eigenvalue weighted by Crippen LogP contribution is 2.07. The van der Waals surface area contributed by atoms with E-state index in [0.29, 0.717) is 5.41 Å². The number of hydrogen-bond donors (Lipinski definition) is 0. The predicted octanol–water partition coefficient (Wildman–Crippen LogP) is 4.27. The second-order valence-corrected chi connectivity index (χ2v) is 3.41. The lowest BCUT2D eigenvalue weighted by Gasteiger charge is -2.05. The van der Waals surface area contributed by atoms with E-state index >= 15 is 0 Å². The summed E-state index contributed by atoms with van der Waals surface area (Å²) in [6, 6.07) is 0. The SMILES string of the molecule is C=CC.CC.CC(C)(C)C. The van der Waals surface area contributed by atoms with E-state index < -0.39 is 0 Å². The fourth-order valence-electron chi connectivity index (χ4n) is 0. The van der Waals surface area contributed by atoms with Crippen molar-refractivity contribution in [3.63, 3.8) is 0 Å². The fourth-order valence-corrected chi connectivity index (χ4v) is 0. The molecule has 0 aliphatic rings. The van der Waals surface area contributed by atoms with Crippen LogP contribution in [-0.4, -0.2) is 0 Å². The Bertz CT molecular complexity index is 39.5. The topological polar surface area (TPSA) is 0 Å². The summed E-state index contributed by atoms with van der Waals surface area (Å²) in [5.41, 5.74) is 0.500. The standard InChI is InChI=1S/C5H12.C3H6.C2H6/c1-5(2,3)4;1-3-2;1-2/h1-4H3;3H,1H2,2H3;1-2H3. The second-order valence-electron chi connectivity index (χ2n) is 3.41. The Morgan fingerprint density at radius 3 is 1.00 bits per heavy atom. The third kappa shape index (κ3) is 5200. The molecule has 0 aromatic heterocycles. The summed E-state index contributed by atoms with van der Waals surface area (Å²) in [5.74, 6) is 0. The molecule has 0 heteroatoms. The lowest BCUT2D eigenvalue weighted by atomic mass is 10.0. The molecule has 0 radical (unpaired) electrons. The van der Waals surface area contributed by atoms with E-state index in [-0.39, 0.29) is 0 Å². The van der Waals surface area contributed by atoms with Gasteiger partial charge in [0, 0.05) is 0 Å². The van der Waals surface area contributed by atoms with Crippen molar-refractivity contribution in [3.8, 4) is 0 Å².